The maximum Gasteiger partial charge on any atom is 0.180 e. The van der Waals surface area contributed by atoms with Crippen LogP contribution in [-0.4, -0.2) is 11.2 Å². The van der Waals surface area contributed by atoms with Gasteiger partial charge in [-0.15, -0.1) is 11.6 Å². The van der Waals surface area contributed by atoms with Crippen LogP contribution in [0.4, 0.5) is 4.39 Å². The molecule has 2 nitrogen and oxygen atoms in total. The molecule has 0 bridgehead atoms. The molecule has 1 atom stereocenters. The van der Waals surface area contributed by atoms with Crippen molar-refractivity contribution >= 4 is 17.4 Å². The molecule has 1 aromatic carbocycles. The van der Waals surface area contributed by atoms with Crippen molar-refractivity contribution in [3.05, 3.63) is 35.1 Å². The molecule has 4 heteroatoms. The van der Waals surface area contributed by atoms with Gasteiger partial charge in [0.25, 0.3) is 0 Å². The summed E-state index contributed by atoms with van der Waals surface area (Å²) in [6, 6.07) is 5.27. The number of hydrogen-bond donors (Lipinski definition) is 0. The number of benzene rings is 1. The lowest BCUT2D eigenvalue weighted by atomic mass is 10.1. The molecule has 0 aliphatic rings. The summed E-state index contributed by atoms with van der Waals surface area (Å²) in [5.41, 5.74) is 0.110. The first-order valence-electron chi connectivity index (χ1n) is 3.94. The number of halogens is 2. The normalized spacial score (nSPS) is 11.9. The number of hydrogen-bond acceptors (Lipinski definition) is 2. The molecule has 72 valence electrons. The minimum absolute atomic E-state index is 0.145. The first-order valence-corrected chi connectivity index (χ1v) is 4.38. The van der Waals surface area contributed by atoms with Gasteiger partial charge in [0.1, 0.15) is 11.9 Å². The number of nitriles is 1. The summed E-state index contributed by atoms with van der Waals surface area (Å²) in [6.07, 6.45) is 0. The van der Waals surface area contributed by atoms with Gasteiger partial charge in [0.05, 0.1) is 10.9 Å². The van der Waals surface area contributed by atoms with Crippen LogP contribution < -0.4 is 0 Å². The maximum absolute atomic E-state index is 12.9. The second-order valence-corrected chi connectivity index (χ2v) is 3.44. The predicted molar refractivity (Wildman–Crippen MR) is 50.8 cm³/mol. The molecule has 0 aliphatic carbocycles. The van der Waals surface area contributed by atoms with Crippen LogP contribution in [0, 0.1) is 17.1 Å². The fraction of sp³-hybridized carbons (Fsp3) is 0.200. The molecular formula is C10H7ClFNO. The van der Waals surface area contributed by atoms with E-state index in [1.807, 2.05) is 0 Å². The number of Topliss-reactive ketones (excluding diaryl/α,β-unsaturated/α-hetero) is 1. The number of rotatable bonds is 2. The Labute approximate surface area is 85.9 Å². The van der Waals surface area contributed by atoms with Crippen LogP contribution in [-0.2, 0) is 0 Å². The second kappa shape index (κ2) is 4.21. The van der Waals surface area contributed by atoms with E-state index in [4.69, 9.17) is 16.9 Å². The molecule has 0 saturated heterocycles. The van der Waals surface area contributed by atoms with Gasteiger partial charge in [0.15, 0.2) is 5.78 Å². The molecule has 1 rings (SSSR count). The Hall–Kier alpha value is -1.40. The fourth-order valence-electron chi connectivity index (χ4n) is 0.994. The molecule has 0 heterocycles. The highest BCUT2D eigenvalue weighted by Gasteiger charge is 2.13. The van der Waals surface area contributed by atoms with E-state index in [9.17, 15) is 9.18 Å². The lowest BCUT2D eigenvalue weighted by molar-refractivity contribution is 0.0991. The smallest absolute Gasteiger partial charge is 0.180 e. The van der Waals surface area contributed by atoms with Crippen LogP contribution in [0.25, 0.3) is 0 Å². The number of carbonyl (C=O) groups excluding carboxylic acids is 1. The lowest BCUT2D eigenvalue weighted by Crippen LogP contribution is -2.10. The van der Waals surface area contributed by atoms with Gasteiger partial charge in [-0.05, 0) is 25.1 Å². The van der Waals surface area contributed by atoms with E-state index in [2.05, 4.69) is 0 Å². The standard InChI is InChI=1S/C10H7ClFNO/c1-6(11)10(14)7-2-3-9(12)8(4-7)5-13/h2-4,6H,1H3. The molecule has 0 aliphatic heterocycles. The van der Waals surface area contributed by atoms with Gasteiger partial charge in [-0.3, -0.25) is 4.79 Å². The van der Waals surface area contributed by atoms with E-state index in [1.54, 1.807) is 6.07 Å². The van der Waals surface area contributed by atoms with E-state index in [0.717, 1.165) is 6.07 Å². The van der Waals surface area contributed by atoms with E-state index in [0.29, 0.717) is 0 Å². The Kier molecular flexibility index (Phi) is 3.21. The third-order valence-electron chi connectivity index (χ3n) is 1.73. The summed E-state index contributed by atoms with van der Waals surface area (Å²) >= 11 is 5.57. The highest BCUT2D eigenvalue weighted by Crippen LogP contribution is 2.13. The van der Waals surface area contributed by atoms with E-state index < -0.39 is 11.2 Å². The summed E-state index contributed by atoms with van der Waals surface area (Å²) in [7, 11) is 0. The molecule has 0 spiro atoms. The first-order chi connectivity index (χ1) is 6.56. The van der Waals surface area contributed by atoms with Gasteiger partial charge in [0, 0.05) is 5.56 Å². The van der Waals surface area contributed by atoms with Crippen LogP contribution in [0.1, 0.15) is 22.8 Å². The quantitative estimate of drug-likeness (QED) is 0.557. The van der Waals surface area contributed by atoms with Gasteiger partial charge >= 0.3 is 0 Å². The Bertz CT molecular complexity index is 409. The summed E-state index contributed by atoms with van der Waals surface area (Å²) in [4.78, 5) is 11.4. The van der Waals surface area contributed by atoms with Gasteiger partial charge in [-0.25, -0.2) is 4.39 Å². The highest BCUT2D eigenvalue weighted by molar-refractivity contribution is 6.33. The van der Waals surface area contributed by atoms with Crippen LogP contribution in [0.5, 0.6) is 0 Å². The molecule has 0 saturated carbocycles. The number of carbonyl (C=O) groups is 1. The zero-order valence-corrected chi connectivity index (χ0v) is 8.18. The lowest BCUT2D eigenvalue weighted by Gasteiger charge is -2.02. The van der Waals surface area contributed by atoms with Crippen LogP contribution in [0.15, 0.2) is 18.2 Å². The Morgan fingerprint density at radius 3 is 2.79 bits per heavy atom. The summed E-state index contributed by atoms with van der Waals surface area (Å²) in [5.74, 6) is -0.950. The van der Waals surface area contributed by atoms with Crippen molar-refractivity contribution in [3.8, 4) is 6.07 Å². The molecule has 0 amide bonds. The molecule has 1 aromatic rings. The summed E-state index contributed by atoms with van der Waals surface area (Å²) in [5, 5.41) is 7.85. The van der Waals surface area contributed by atoms with Crippen molar-refractivity contribution in [1.29, 1.82) is 5.26 Å². The van der Waals surface area contributed by atoms with Crippen molar-refractivity contribution < 1.29 is 9.18 Å². The van der Waals surface area contributed by atoms with E-state index >= 15 is 0 Å². The zero-order chi connectivity index (χ0) is 10.7. The molecule has 0 fully saturated rings. The van der Waals surface area contributed by atoms with Crippen LogP contribution >= 0.6 is 11.6 Å². The zero-order valence-electron chi connectivity index (χ0n) is 7.42. The Morgan fingerprint density at radius 2 is 2.29 bits per heavy atom. The Morgan fingerprint density at radius 1 is 1.64 bits per heavy atom. The highest BCUT2D eigenvalue weighted by atomic mass is 35.5. The topological polar surface area (TPSA) is 40.9 Å². The second-order valence-electron chi connectivity index (χ2n) is 2.79. The van der Waals surface area contributed by atoms with Crippen molar-refractivity contribution in [2.24, 2.45) is 0 Å². The molecule has 1 unspecified atom stereocenters. The maximum atomic E-state index is 12.9. The Balaban J connectivity index is 3.15. The van der Waals surface area contributed by atoms with Gasteiger partial charge in [0.2, 0.25) is 0 Å². The monoisotopic (exact) mass is 211 g/mol. The SMILES string of the molecule is CC(Cl)C(=O)c1ccc(F)c(C#N)c1. The summed E-state index contributed by atoms with van der Waals surface area (Å²) < 4.78 is 12.9. The predicted octanol–water partition coefficient (Wildman–Crippen LogP) is 2.51. The average molecular weight is 212 g/mol. The van der Waals surface area contributed by atoms with Gasteiger partial charge in [-0.2, -0.15) is 5.26 Å². The van der Waals surface area contributed by atoms with Gasteiger partial charge < -0.3 is 0 Å². The van der Waals surface area contributed by atoms with Crippen molar-refractivity contribution in [2.75, 3.05) is 0 Å². The number of alkyl halides is 1. The molecule has 14 heavy (non-hydrogen) atoms. The number of nitrogens with zero attached hydrogens (tertiary/aromatic N) is 1. The number of ketones is 1. The minimum atomic E-state index is -0.674. The van der Waals surface area contributed by atoms with E-state index in [1.165, 1.54) is 19.1 Å². The van der Waals surface area contributed by atoms with Gasteiger partial charge in [-0.1, -0.05) is 0 Å². The van der Waals surface area contributed by atoms with Crippen LogP contribution in [0.3, 0.4) is 0 Å². The largest absolute Gasteiger partial charge is 0.293 e. The molecule has 0 radical (unpaired) electrons. The fourth-order valence-corrected chi connectivity index (χ4v) is 1.12. The first kappa shape index (κ1) is 10.7. The van der Waals surface area contributed by atoms with Crippen molar-refractivity contribution in [1.82, 2.24) is 0 Å². The average Bonchev–Trinajstić information content (AvgIpc) is 2.17. The van der Waals surface area contributed by atoms with Crippen LogP contribution in [0.2, 0.25) is 0 Å². The van der Waals surface area contributed by atoms with E-state index in [-0.39, 0.29) is 16.9 Å². The van der Waals surface area contributed by atoms with Crippen molar-refractivity contribution in [2.45, 2.75) is 12.3 Å². The molecule has 0 aromatic heterocycles. The third kappa shape index (κ3) is 2.09. The molecular weight excluding hydrogens is 205 g/mol. The molecule has 0 N–H and O–H groups in total. The van der Waals surface area contributed by atoms with Crippen molar-refractivity contribution in [3.63, 3.8) is 0 Å². The summed E-state index contributed by atoms with van der Waals surface area (Å²) in [6.45, 7) is 1.53. The minimum Gasteiger partial charge on any atom is -0.293 e. The third-order valence-corrected chi connectivity index (χ3v) is 1.93.